The lowest BCUT2D eigenvalue weighted by molar-refractivity contribution is -0.135. The average Bonchev–Trinajstić information content (AvgIpc) is 2.48. The smallest absolute Gasteiger partial charge is 0.375 e. The van der Waals surface area contributed by atoms with Crippen LogP contribution >= 0.6 is 11.6 Å². The predicted molar refractivity (Wildman–Crippen MR) is 75.7 cm³/mol. The number of benzene rings is 1. The van der Waals surface area contributed by atoms with Gasteiger partial charge in [-0.25, -0.2) is 14.8 Å². The third-order valence-corrected chi connectivity index (χ3v) is 2.66. The molecule has 1 aromatic heterocycles. The molecule has 108 valence electrons. The van der Waals surface area contributed by atoms with Crippen LogP contribution in [0.2, 0.25) is 5.15 Å². The van der Waals surface area contributed by atoms with Gasteiger partial charge in [0.2, 0.25) is 5.88 Å². The molecule has 0 aliphatic rings. The van der Waals surface area contributed by atoms with Crippen LogP contribution in [0, 0.1) is 0 Å². The zero-order valence-electron chi connectivity index (χ0n) is 11.0. The first-order valence-corrected chi connectivity index (χ1v) is 6.22. The van der Waals surface area contributed by atoms with Gasteiger partial charge in [-0.15, -0.1) is 0 Å². The first-order chi connectivity index (χ1) is 10.1. The Bertz CT molecular complexity index is 674. The second-order valence-corrected chi connectivity index (χ2v) is 4.20. The molecule has 0 radical (unpaired) electrons. The van der Waals surface area contributed by atoms with E-state index in [0.717, 1.165) is 0 Å². The minimum absolute atomic E-state index is 0.0119. The van der Waals surface area contributed by atoms with E-state index in [1.165, 1.54) is 19.5 Å². The number of hydrogen-bond acceptors (Lipinski definition) is 5. The van der Waals surface area contributed by atoms with Crippen LogP contribution in [0.15, 0.2) is 48.5 Å². The Labute approximate surface area is 125 Å². The maximum atomic E-state index is 11.4. The molecule has 21 heavy (non-hydrogen) atoms. The Balaban J connectivity index is 2.45. The van der Waals surface area contributed by atoms with Crippen LogP contribution in [0.25, 0.3) is 5.76 Å². The predicted octanol–water partition coefficient (Wildman–Crippen LogP) is 2.61. The number of hydrogen-bond donors (Lipinski definition) is 1. The quantitative estimate of drug-likeness (QED) is 0.519. The summed E-state index contributed by atoms with van der Waals surface area (Å²) in [6.45, 7) is 0. The third kappa shape index (κ3) is 3.70. The highest BCUT2D eigenvalue weighted by atomic mass is 35.5. The summed E-state index contributed by atoms with van der Waals surface area (Å²) in [5, 5.41) is 9.47. The Morgan fingerprint density at radius 1 is 1.24 bits per heavy atom. The van der Waals surface area contributed by atoms with Crippen molar-refractivity contribution in [1.82, 2.24) is 9.97 Å². The number of methoxy groups -OCH3 is 1. The van der Waals surface area contributed by atoms with E-state index in [0.29, 0.717) is 5.56 Å². The lowest BCUT2D eigenvalue weighted by Gasteiger charge is -2.11. The summed E-state index contributed by atoms with van der Waals surface area (Å²) in [5.74, 6) is -1.58. The maximum Gasteiger partial charge on any atom is 0.375 e. The van der Waals surface area contributed by atoms with Gasteiger partial charge in [-0.3, -0.25) is 0 Å². The molecular formula is C14H11ClN2O4. The molecule has 0 atom stereocenters. The molecule has 0 aliphatic heterocycles. The molecule has 0 saturated carbocycles. The van der Waals surface area contributed by atoms with Crippen LogP contribution in [0.5, 0.6) is 5.88 Å². The summed E-state index contributed by atoms with van der Waals surface area (Å²) in [4.78, 5) is 18.9. The van der Waals surface area contributed by atoms with E-state index in [9.17, 15) is 9.90 Å². The van der Waals surface area contributed by atoms with Crippen molar-refractivity contribution in [2.75, 3.05) is 7.11 Å². The van der Waals surface area contributed by atoms with Crippen molar-refractivity contribution in [1.29, 1.82) is 0 Å². The van der Waals surface area contributed by atoms with Crippen LogP contribution in [-0.2, 0) is 9.53 Å². The number of carboxylic acids is 1. The summed E-state index contributed by atoms with van der Waals surface area (Å²) in [7, 11) is 1.36. The van der Waals surface area contributed by atoms with Gasteiger partial charge in [0.05, 0.1) is 7.11 Å². The normalized spacial score (nSPS) is 11.5. The summed E-state index contributed by atoms with van der Waals surface area (Å²) >= 11 is 5.71. The Morgan fingerprint density at radius 3 is 2.52 bits per heavy atom. The molecule has 2 rings (SSSR count). The summed E-state index contributed by atoms with van der Waals surface area (Å²) in [6, 6.07) is 10.0. The summed E-state index contributed by atoms with van der Waals surface area (Å²) in [6.07, 6.45) is 1.17. The monoisotopic (exact) mass is 306 g/mol. The number of nitrogens with zero attached hydrogens (tertiary/aromatic N) is 2. The molecule has 1 N–H and O–H groups in total. The molecule has 6 nitrogen and oxygen atoms in total. The fourth-order valence-electron chi connectivity index (χ4n) is 1.60. The number of halogens is 1. The van der Waals surface area contributed by atoms with E-state index in [4.69, 9.17) is 21.1 Å². The van der Waals surface area contributed by atoms with Gasteiger partial charge in [0.1, 0.15) is 11.5 Å². The maximum absolute atomic E-state index is 11.4. The minimum atomic E-state index is -1.29. The second kappa shape index (κ2) is 6.71. The minimum Gasteiger partial charge on any atom is -0.492 e. The first kappa shape index (κ1) is 14.8. The van der Waals surface area contributed by atoms with Crippen LogP contribution < -0.4 is 4.74 Å². The molecular weight excluding hydrogens is 296 g/mol. The van der Waals surface area contributed by atoms with Crippen molar-refractivity contribution in [2.24, 2.45) is 0 Å². The number of carboxylic acid groups (broad SMARTS) is 1. The number of rotatable bonds is 5. The Kier molecular flexibility index (Phi) is 4.73. The molecule has 0 amide bonds. The summed E-state index contributed by atoms with van der Waals surface area (Å²) < 4.78 is 10.4. The largest absolute Gasteiger partial charge is 0.492 e. The number of carbonyl (C=O) groups is 1. The van der Waals surface area contributed by atoms with Gasteiger partial charge < -0.3 is 14.6 Å². The second-order valence-electron chi connectivity index (χ2n) is 3.81. The highest BCUT2D eigenvalue weighted by Gasteiger charge is 2.20. The molecule has 0 aliphatic carbocycles. The SMILES string of the molecule is CO/C(=C(\Oc1cc(Cl)ncn1)C(=O)O)c1ccccc1. The fraction of sp³-hybridized carbons (Fsp3) is 0.0714. The highest BCUT2D eigenvalue weighted by molar-refractivity contribution is 6.29. The van der Waals surface area contributed by atoms with Gasteiger partial charge in [0.15, 0.2) is 5.76 Å². The van der Waals surface area contributed by atoms with Crippen molar-refractivity contribution in [3.05, 3.63) is 59.2 Å². The van der Waals surface area contributed by atoms with Crippen molar-refractivity contribution in [2.45, 2.75) is 0 Å². The topological polar surface area (TPSA) is 81.5 Å². The Morgan fingerprint density at radius 2 is 1.95 bits per heavy atom. The molecule has 2 aromatic rings. The number of ether oxygens (including phenoxy) is 2. The average molecular weight is 307 g/mol. The van der Waals surface area contributed by atoms with Gasteiger partial charge in [-0.05, 0) is 0 Å². The van der Waals surface area contributed by atoms with Crippen molar-refractivity contribution in [3.63, 3.8) is 0 Å². The zero-order valence-corrected chi connectivity index (χ0v) is 11.7. The molecule has 0 unspecified atom stereocenters. The van der Waals surface area contributed by atoms with Gasteiger partial charge in [0, 0.05) is 11.6 Å². The lowest BCUT2D eigenvalue weighted by Crippen LogP contribution is -2.12. The van der Waals surface area contributed by atoms with Crippen LogP contribution in [0.3, 0.4) is 0 Å². The van der Waals surface area contributed by atoms with Crippen molar-refractivity contribution in [3.8, 4) is 5.88 Å². The lowest BCUT2D eigenvalue weighted by atomic mass is 10.1. The standard InChI is InChI=1S/C14H11ClN2O4/c1-20-12(9-5-3-2-4-6-9)13(14(18)19)21-11-7-10(15)16-8-17-11/h2-8H,1H3,(H,18,19)/b13-12-. The molecule has 7 heteroatoms. The highest BCUT2D eigenvalue weighted by Crippen LogP contribution is 2.23. The van der Waals surface area contributed by atoms with Crippen molar-refractivity contribution >= 4 is 23.3 Å². The fourth-order valence-corrected chi connectivity index (χ4v) is 1.73. The van der Waals surface area contributed by atoms with Crippen LogP contribution in [0.4, 0.5) is 0 Å². The molecule has 0 fully saturated rings. The van der Waals surface area contributed by atoms with Crippen molar-refractivity contribution < 1.29 is 19.4 Å². The van der Waals surface area contributed by atoms with E-state index < -0.39 is 11.7 Å². The Hall–Kier alpha value is -2.60. The first-order valence-electron chi connectivity index (χ1n) is 5.84. The summed E-state index contributed by atoms with van der Waals surface area (Å²) in [5.41, 5.74) is 0.567. The van der Waals surface area contributed by atoms with E-state index in [-0.39, 0.29) is 16.8 Å². The van der Waals surface area contributed by atoms with Crippen LogP contribution in [-0.4, -0.2) is 28.2 Å². The number of aliphatic carboxylic acids is 1. The van der Waals surface area contributed by atoms with Gasteiger partial charge >= 0.3 is 5.97 Å². The van der Waals surface area contributed by atoms with Crippen LogP contribution in [0.1, 0.15) is 5.56 Å². The van der Waals surface area contributed by atoms with E-state index in [1.54, 1.807) is 24.3 Å². The molecule has 1 heterocycles. The van der Waals surface area contributed by atoms with Gasteiger partial charge in [0.25, 0.3) is 5.76 Å². The van der Waals surface area contributed by atoms with Gasteiger partial charge in [-0.1, -0.05) is 41.9 Å². The van der Waals surface area contributed by atoms with Gasteiger partial charge in [-0.2, -0.15) is 0 Å². The van der Waals surface area contributed by atoms with E-state index in [2.05, 4.69) is 9.97 Å². The molecule has 0 bridgehead atoms. The van der Waals surface area contributed by atoms with E-state index in [1.807, 2.05) is 6.07 Å². The zero-order chi connectivity index (χ0) is 15.2. The van der Waals surface area contributed by atoms with E-state index >= 15 is 0 Å². The molecule has 0 spiro atoms. The third-order valence-electron chi connectivity index (χ3n) is 2.46. The molecule has 1 aromatic carbocycles. The molecule has 0 saturated heterocycles. The number of aromatic nitrogens is 2.